The zero-order valence-corrected chi connectivity index (χ0v) is 15.0. The molecule has 130 valence electrons. The summed E-state index contributed by atoms with van der Waals surface area (Å²) in [4.78, 5) is 20.0. The molecule has 1 unspecified atom stereocenters. The van der Waals surface area contributed by atoms with Crippen LogP contribution in [0.25, 0.3) is 0 Å². The lowest BCUT2D eigenvalue weighted by atomic mass is 10.1. The fourth-order valence-corrected chi connectivity index (χ4v) is 2.58. The van der Waals surface area contributed by atoms with E-state index >= 15 is 0 Å². The molecule has 0 fully saturated rings. The lowest BCUT2D eigenvalue weighted by Gasteiger charge is -2.09. The van der Waals surface area contributed by atoms with Crippen molar-refractivity contribution in [3.05, 3.63) is 0 Å². The summed E-state index contributed by atoms with van der Waals surface area (Å²) >= 11 is 0. The lowest BCUT2D eigenvalue weighted by Crippen LogP contribution is -2.18. The molecule has 2 atom stereocenters. The number of rotatable bonds is 15. The van der Waals surface area contributed by atoms with Gasteiger partial charge in [-0.1, -0.05) is 64.7 Å². The number of esters is 1. The zero-order chi connectivity index (χ0) is 16.6. The van der Waals surface area contributed by atoms with Gasteiger partial charge in [-0.2, -0.15) is 0 Å². The molecule has 0 rings (SSSR count). The van der Waals surface area contributed by atoms with Gasteiger partial charge in [-0.05, 0) is 13.3 Å². The molecule has 0 aromatic heterocycles. The molecule has 0 amide bonds. The van der Waals surface area contributed by atoms with Gasteiger partial charge in [0.2, 0.25) is 0 Å². The average Bonchev–Trinajstić information content (AvgIpc) is 2.47. The van der Waals surface area contributed by atoms with E-state index in [1.807, 2.05) is 0 Å². The Hall–Kier alpha value is -0.510. The number of hydrogen-bond donors (Lipinski definition) is 1. The fraction of sp³-hybridized carbons (Fsp3) is 0.938. The molecule has 0 bridgehead atoms. The van der Waals surface area contributed by atoms with Gasteiger partial charge in [0.25, 0.3) is 0 Å². The van der Waals surface area contributed by atoms with Gasteiger partial charge in [-0.25, -0.2) is 0 Å². The van der Waals surface area contributed by atoms with Crippen LogP contribution in [-0.4, -0.2) is 23.6 Å². The molecule has 0 aliphatic heterocycles. The van der Waals surface area contributed by atoms with Crippen LogP contribution in [-0.2, 0) is 18.6 Å². The average molecular weight is 335 g/mol. The first-order valence-corrected chi connectivity index (χ1v) is 9.67. The van der Waals surface area contributed by atoms with Gasteiger partial charge >= 0.3 is 14.2 Å². The topological polar surface area (TPSA) is 72.8 Å². The third-order valence-corrected chi connectivity index (χ3v) is 3.86. The predicted octanol–water partition coefficient (Wildman–Crippen LogP) is 4.90. The Morgan fingerprint density at radius 3 is 2.00 bits per heavy atom. The van der Waals surface area contributed by atoms with Crippen LogP contribution in [0.5, 0.6) is 0 Å². The molecule has 5 nitrogen and oxygen atoms in total. The molecule has 0 heterocycles. The van der Waals surface area contributed by atoms with Crippen molar-refractivity contribution in [2.24, 2.45) is 0 Å². The molecule has 0 aromatic carbocycles. The molecular weight excluding hydrogens is 303 g/mol. The van der Waals surface area contributed by atoms with Crippen LogP contribution in [0.3, 0.4) is 0 Å². The maximum atomic E-state index is 11.5. The molecule has 0 saturated carbocycles. The van der Waals surface area contributed by atoms with E-state index in [-0.39, 0.29) is 12.6 Å². The summed E-state index contributed by atoms with van der Waals surface area (Å²) in [5.74, 6) is -0.260. The number of carbonyl (C=O) groups excluding carboxylic acids is 1. The highest BCUT2D eigenvalue weighted by Gasteiger charge is 2.17. The van der Waals surface area contributed by atoms with Gasteiger partial charge in [-0.15, -0.1) is 9.42 Å². The summed E-state index contributed by atoms with van der Waals surface area (Å²) in [5, 5.41) is 0. The molecule has 0 aromatic rings. The zero-order valence-electron chi connectivity index (χ0n) is 14.1. The van der Waals surface area contributed by atoms with Gasteiger partial charge in [0.15, 0.2) is 0 Å². The monoisotopic (exact) mass is 335 g/mol. The normalized spacial score (nSPS) is 13.0. The van der Waals surface area contributed by atoms with Crippen molar-refractivity contribution in [1.82, 2.24) is 0 Å². The van der Waals surface area contributed by atoms with Gasteiger partial charge < -0.3 is 4.74 Å². The first-order chi connectivity index (χ1) is 10.6. The smallest absolute Gasteiger partial charge is 0.460 e. The summed E-state index contributed by atoms with van der Waals surface area (Å²) in [6.45, 7) is 3.83. The summed E-state index contributed by atoms with van der Waals surface area (Å²) in [7, 11) is -2.62. The molecule has 0 aliphatic carbocycles. The van der Waals surface area contributed by atoms with E-state index in [9.17, 15) is 9.36 Å². The minimum absolute atomic E-state index is 0.0462. The third-order valence-electron chi connectivity index (χ3n) is 3.49. The minimum Gasteiger partial charge on any atom is -0.460 e. The standard InChI is InChI=1S/C16H31O5P/c1-3-4-5-6-7-8-9-10-11-12-13-16(17)21-15(2)14-20-22(18)19/h15H,3-14H2,1-2H3/p+1/t15-/m1/s1. The van der Waals surface area contributed by atoms with Gasteiger partial charge in [0, 0.05) is 11.0 Å². The van der Waals surface area contributed by atoms with Crippen molar-refractivity contribution >= 4 is 14.2 Å². The molecule has 0 aliphatic rings. The van der Waals surface area contributed by atoms with Gasteiger partial charge in [0.1, 0.15) is 12.7 Å². The van der Waals surface area contributed by atoms with Crippen LogP contribution >= 0.6 is 8.25 Å². The van der Waals surface area contributed by atoms with Crippen molar-refractivity contribution in [2.45, 2.75) is 90.6 Å². The number of carbonyl (C=O) groups is 1. The minimum atomic E-state index is -2.62. The predicted molar refractivity (Wildman–Crippen MR) is 87.8 cm³/mol. The van der Waals surface area contributed by atoms with Crippen molar-refractivity contribution in [1.29, 1.82) is 0 Å². The van der Waals surface area contributed by atoms with Crippen molar-refractivity contribution < 1.29 is 23.5 Å². The molecular formula is C16H32O5P+. The third kappa shape index (κ3) is 15.9. The van der Waals surface area contributed by atoms with Crippen LogP contribution in [0.2, 0.25) is 0 Å². The highest BCUT2D eigenvalue weighted by molar-refractivity contribution is 7.32. The van der Waals surface area contributed by atoms with Crippen LogP contribution in [0.4, 0.5) is 0 Å². The van der Waals surface area contributed by atoms with Gasteiger partial charge in [0.05, 0.1) is 0 Å². The second kappa shape index (κ2) is 15.4. The Morgan fingerprint density at radius 1 is 1.00 bits per heavy atom. The number of hydrogen-bond acceptors (Lipinski definition) is 4. The Labute approximate surface area is 135 Å². The Bertz CT molecular complexity index is 296. The maximum absolute atomic E-state index is 11.5. The van der Waals surface area contributed by atoms with Crippen LogP contribution in [0.15, 0.2) is 0 Å². The largest absolute Gasteiger partial charge is 0.694 e. The highest BCUT2D eigenvalue weighted by atomic mass is 31.1. The van der Waals surface area contributed by atoms with Crippen molar-refractivity contribution in [3.63, 3.8) is 0 Å². The second-order valence-corrected chi connectivity index (χ2v) is 6.50. The summed E-state index contributed by atoms with van der Waals surface area (Å²) < 4.78 is 19.9. The summed E-state index contributed by atoms with van der Waals surface area (Å²) in [6.07, 6.45) is 12.2. The van der Waals surface area contributed by atoms with E-state index in [1.54, 1.807) is 6.92 Å². The Kier molecular flexibility index (Phi) is 15.0. The van der Waals surface area contributed by atoms with E-state index in [0.29, 0.717) is 6.42 Å². The summed E-state index contributed by atoms with van der Waals surface area (Å²) in [6, 6.07) is 0. The molecule has 0 spiro atoms. The maximum Gasteiger partial charge on any atom is 0.694 e. The van der Waals surface area contributed by atoms with E-state index in [2.05, 4.69) is 11.4 Å². The highest BCUT2D eigenvalue weighted by Crippen LogP contribution is 2.15. The van der Waals surface area contributed by atoms with Crippen molar-refractivity contribution in [3.8, 4) is 0 Å². The van der Waals surface area contributed by atoms with Gasteiger partial charge in [-0.3, -0.25) is 4.79 Å². The van der Waals surface area contributed by atoms with Crippen LogP contribution in [0.1, 0.15) is 84.5 Å². The fourth-order valence-electron chi connectivity index (χ4n) is 2.24. The van der Waals surface area contributed by atoms with Crippen LogP contribution in [0, 0.1) is 0 Å². The van der Waals surface area contributed by atoms with E-state index in [4.69, 9.17) is 9.63 Å². The SMILES string of the molecule is CCCCCCCCCCCCC(=O)O[C@H](C)CO[P+](=O)O. The van der Waals surface area contributed by atoms with E-state index in [0.717, 1.165) is 12.8 Å². The van der Waals surface area contributed by atoms with E-state index < -0.39 is 14.4 Å². The number of ether oxygens (including phenoxy) is 1. The van der Waals surface area contributed by atoms with Crippen LogP contribution < -0.4 is 0 Å². The van der Waals surface area contributed by atoms with Crippen molar-refractivity contribution in [2.75, 3.05) is 6.61 Å². The first kappa shape index (κ1) is 21.5. The second-order valence-electron chi connectivity index (χ2n) is 5.77. The molecule has 6 heteroatoms. The Balaban J connectivity index is 3.32. The van der Waals surface area contributed by atoms with E-state index in [1.165, 1.54) is 51.4 Å². The Morgan fingerprint density at radius 2 is 1.50 bits per heavy atom. The lowest BCUT2D eigenvalue weighted by molar-refractivity contribution is -0.149. The quantitative estimate of drug-likeness (QED) is 0.262. The molecule has 0 saturated heterocycles. The number of unbranched alkanes of at least 4 members (excludes halogenated alkanes) is 9. The molecule has 0 radical (unpaired) electrons. The molecule has 1 N–H and O–H groups in total. The summed E-state index contributed by atoms with van der Waals surface area (Å²) in [5.41, 5.74) is 0. The first-order valence-electron chi connectivity index (χ1n) is 8.54. The molecule has 22 heavy (non-hydrogen) atoms.